The summed E-state index contributed by atoms with van der Waals surface area (Å²) >= 11 is 0.986. The first-order chi connectivity index (χ1) is 11.9. The van der Waals surface area contributed by atoms with Crippen LogP contribution < -0.4 is 11.1 Å². The number of hydrogen-bond acceptors (Lipinski definition) is 9. The fourth-order valence-corrected chi connectivity index (χ4v) is 2.16. The zero-order valence-electron chi connectivity index (χ0n) is 14.4. The Morgan fingerprint density at radius 2 is 2.04 bits per heavy atom. The number of anilines is 1. The van der Waals surface area contributed by atoms with Crippen molar-refractivity contribution in [2.24, 2.45) is 0 Å². The van der Waals surface area contributed by atoms with Crippen LogP contribution in [0.15, 0.2) is 11.4 Å². The minimum Gasteiger partial charge on any atom is -0.462 e. The summed E-state index contributed by atoms with van der Waals surface area (Å²) in [7, 11) is 0. The molecule has 0 aliphatic rings. The lowest BCUT2D eigenvalue weighted by molar-refractivity contribution is -0.146. The predicted octanol–water partition coefficient (Wildman–Crippen LogP) is 0.785. The molecule has 1 rings (SSSR count). The highest BCUT2D eigenvalue weighted by Crippen LogP contribution is 2.17. The van der Waals surface area contributed by atoms with Crippen molar-refractivity contribution < 1.29 is 23.9 Å². The minimum absolute atomic E-state index is 0.0230. The number of esters is 2. The highest BCUT2D eigenvalue weighted by atomic mass is 32.2. The number of nitrogens with one attached hydrogen (secondary N) is 1. The first-order valence-corrected chi connectivity index (χ1v) is 8.73. The van der Waals surface area contributed by atoms with E-state index in [2.05, 4.69) is 15.3 Å². The molecule has 9 nitrogen and oxygen atoms in total. The van der Waals surface area contributed by atoms with Gasteiger partial charge in [-0.1, -0.05) is 18.7 Å². The molecular formula is C15H22N4O5S. The maximum atomic E-state index is 11.6. The summed E-state index contributed by atoms with van der Waals surface area (Å²) < 4.78 is 9.68. The van der Waals surface area contributed by atoms with Crippen LogP contribution >= 0.6 is 11.8 Å². The molecule has 3 N–H and O–H groups in total. The first kappa shape index (κ1) is 20.7. The maximum absolute atomic E-state index is 11.6. The van der Waals surface area contributed by atoms with Crippen LogP contribution in [0, 0.1) is 0 Å². The van der Waals surface area contributed by atoms with Crippen molar-refractivity contribution in [2.45, 2.75) is 38.4 Å². The molecule has 0 spiro atoms. The van der Waals surface area contributed by atoms with Crippen LogP contribution in [0.4, 0.5) is 5.82 Å². The summed E-state index contributed by atoms with van der Waals surface area (Å²) in [6, 6.07) is 0.0230. The molecular weight excluding hydrogens is 348 g/mol. The Morgan fingerprint density at radius 3 is 2.64 bits per heavy atom. The molecule has 0 aromatic carbocycles. The molecule has 0 aliphatic heterocycles. The van der Waals surface area contributed by atoms with Crippen LogP contribution in [0.5, 0.6) is 0 Å². The normalized spacial score (nSPS) is 11.5. The van der Waals surface area contributed by atoms with Crippen molar-refractivity contribution in [3.63, 3.8) is 0 Å². The number of aromatic nitrogens is 2. The Labute approximate surface area is 150 Å². The van der Waals surface area contributed by atoms with Gasteiger partial charge < -0.3 is 20.5 Å². The molecule has 1 atom stereocenters. The van der Waals surface area contributed by atoms with E-state index in [-0.39, 0.29) is 47.5 Å². The van der Waals surface area contributed by atoms with Gasteiger partial charge in [0, 0.05) is 12.2 Å². The van der Waals surface area contributed by atoms with Gasteiger partial charge in [-0.3, -0.25) is 9.59 Å². The smallest absolute Gasteiger partial charge is 0.343 e. The highest BCUT2D eigenvalue weighted by Gasteiger charge is 2.15. The SMILES string of the molecule is CCOC(=O)c1cnc(SCC(=O)OCC(=O)N[C@@H](C)CC)nc1N. The Morgan fingerprint density at radius 1 is 1.32 bits per heavy atom. The number of nitrogen functional groups attached to an aromatic ring is 1. The number of carbonyl (C=O) groups is 3. The molecule has 10 heteroatoms. The Kier molecular flexibility index (Phi) is 8.68. The molecule has 0 fully saturated rings. The largest absolute Gasteiger partial charge is 0.462 e. The van der Waals surface area contributed by atoms with Crippen molar-refractivity contribution >= 4 is 35.4 Å². The van der Waals surface area contributed by atoms with E-state index in [0.29, 0.717) is 0 Å². The molecule has 0 radical (unpaired) electrons. The second kappa shape index (κ2) is 10.5. The van der Waals surface area contributed by atoms with Crippen LogP contribution in [0.25, 0.3) is 0 Å². The van der Waals surface area contributed by atoms with Crippen LogP contribution in [-0.4, -0.2) is 52.8 Å². The Hall–Kier alpha value is -2.36. The number of rotatable bonds is 9. The topological polar surface area (TPSA) is 134 Å². The zero-order valence-corrected chi connectivity index (χ0v) is 15.2. The summed E-state index contributed by atoms with van der Waals surface area (Å²) in [4.78, 5) is 42.6. The van der Waals surface area contributed by atoms with Gasteiger partial charge in [-0.25, -0.2) is 14.8 Å². The summed E-state index contributed by atoms with van der Waals surface area (Å²) in [5, 5.41) is 2.90. The van der Waals surface area contributed by atoms with Crippen molar-refractivity contribution in [1.82, 2.24) is 15.3 Å². The van der Waals surface area contributed by atoms with Crippen LogP contribution in [0.3, 0.4) is 0 Å². The fraction of sp³-hybridized carbons (Fsp3) is 0.533. The van der Waals surface area contributed by atoms with Crippen LogP contribution in [0.2, 0.25) is 0 Å². The lowest BCUT2D eigenvalue weighted by Gasteiger charge is -2.11. The van der Waals surface area contributed by atoms with E-state index in [1.807, 2.05) is 13.8 Å². The number of nitrogens with two attached hydrogens (primary N) is 1. The Balaban J connectivity index is 2.44. The van der Waals surface area contributed by atoms with Gasteiger partial charge in [-0.15, -0.1) is 0 Å². The monoisotopic (exact) mass is 370 g/mol. The van der Waals surface area contributed by atoms with Gasteiger partial charge in [0.2, 0.25) is 0 Å². The van der Waals surface area contributed by atoms with Gasteiger partial charge in [0.15, 0.2) is 11.8 Å². The highest BCUT2D eigenvalue weighted by molar-refractivity contribution is 7.99. The molecule has 0 saturated heterocycles. The van der Waals surface area contributed by atoms with Gasteiger partial charge in [0.1, 0.15) is 11.4 Å². The van der Waals surface area contributed by atoms with Crippen molar-refractivity contribution in [3.8, 4) is 0 Å². The molecule has 25 heavy (non-hydrogen) atoms. The number of amides is 1. The maximum Gasteiger partial charge on any atom is 0.343 e. The molecule has 0 bridgehead atoms. The minimum atomic E-state index is -0.608. The second-order valence-corrected chi connectivity index (χ2v) is 5.94. The van der Waals surface area contributed by atoms with Gasteiger partial charge in [0.05, 0.1) is 12.4 Å². The number of hydrogen-bond donors (Lipinski definition) is 2. The average molecular weight is 370 g/mol. The third-order valence-corrected chi connectivity index (χ3v) is 3.83. The molecule has 1 aromatic rings. The van der Waals surface area contributed by atoms with Crippen LogP contribution in [-0.2, 0) is 19.1 Å². The lowest BCUT2D eigenvalue weighted by Crippen LogP contribution is -2.35. The third kappa shape index (κ3) is 7.38. The summed E-state index contributed by atoms with van der Waals surface area (Å²) in [5.41, 5.74) is 5.75. The van der Waals surface area contributed by atoms with Crippen LogP contribution in [0.1, 0.15) is 37.6 Å². The van der Waals surface area contributed by atoms with Gasteiger partial charge in [-0.05, 0) is 20.3 Å². The van der Waals surface area contributed by atoms with Gasteiger partial charge >= 0.3 is 11.9 Å². The van der Waals surface area contributed by atoms with E-state index in [4.69, 9.17) is 15.2 Å². The van der Waals surface area contributed by atoms with Crippen molar-refractivity contribution in [3.05, 3.63) is 11.8 Å². The summed E-state index contributed by atoms with van der Waals surface area (Å²) in [6.45, 7) is 5.34. The van der Waals surface area contributed by atoms with E-state index >= 15 is 0 Å². The molecule has 0 unspecified atom stereocenters. The average Bonchev–Trinajstić information content (AvgIpc) is 2.58. The van der Waals surface area contributed by atoms with Gasteiger partial charge in [0.25, 0.3) is 5.91 Å². The van der Waals surface area contributed by atoms with E-state index in [1.165, 1.54) is 6.20 Å². The quantitative estimate of drug-likeness (QED) is 0.367. The Bertz CT molecular complexity index is 626. The molecule has 1 amide bonds. The second-order valence-electron chi connectivity index (χ2n) is 5.00. The number of carbonyl (C=O) groups excluding carboxylic acids is 3. The third-order valence-electron chi connectivity index (χ3n) is 2.99. The van der Waals surface area contributed by atoms with E-state index in [9.17, 15) is 14.4 Å². The summed E-state index contributed by atoms with van der Waals surface area (Å²) in [5.74, 6) is -1.66. The molecule has 1 heterocycles. The van der Waals surface area contributed by atoms with E-state index < -0.39 is 11.9 Å². The van der Waals surface area contributed by atoms with E-state index in [1.54, 1.807) is 6.92 Å². The zero-order chi connectivity index (χ0) is 18.8. The standard InChI is InChI=1S/C15H22N4O5S/c1-4-9(3)18-11(20)7-24-12(21)8-25-15-17-6-10(13(16)19-15)14(22)23-5-2/h6,9H,4-5,7-8H2,1-3H3,(H,18,20)(H2,16,17,19)/t9-/m0/s1. The molecule has 138 valence electrons. The molecule has 0 saturated carbocycles. The van der Waals surface area contributed by atoms with E-state index in [0.717, 1.165) is 18.2 Å². The molecule has 1 aromatic heterocycles. The van der Waals surface area contributed by atoms with Crippen molar-refractivity contribution in [2.75, 3.05) is 24.7 Å². The fourth-order valence-electron chi connectivity index (χ4n) is 1.54. The number of ether oxygens (including phenoxy) is 2. The first-order valence-electron chi connectivity index (χ1n) is 7.74. The van der Waals surface area contributed by atoms with Crippen molar-refractivity contribution in [1.29, 1.82) is 0 Å². The predicted molar refractivity (Wildman–Crippen MR) is 92.0 cm³/mol. The van der Waals surface area contributed by atoms with Gasteiger partial charge in [-0.2, -0.15) is 0 Å². The lowest BCUT2D eigenvalue weighted by atomic mass is 10.2. The summed E-state index contributed by atoms with van der Waals surface area (Å²) in [6.07, 6.45) is 2.03. The number of nitrogens with zero attached hydrogens (tertiary/aromatic N) is 2. The molecule has 0 aliphatic carbocycles. The number of thioether (sulfide) groups is 1.